The lowest BCUT2D eigenvalue weighted by molar-refractivity contribution is -0.380. The quantitative estimate of drug-likeness (QED) is 0.204. The molecular formula is C11H11NO5S. The minimum atomic E-state index is -0.721. The second kappa shape index (κ2) is 6.06. The van der Waals surface area contributed by atoms with Gasteiger partial charge in [-0.15, -0.1) is 0 Å². The van der Waals surface area contributed by atoms with Gasteiger partial charge in [0.1, 0.15) is 5.57 Å². The number of esters is 1. The second-order valence-electron chi connectivity index (χ2n) is 3.27. The summed E-state index contributed by atoms with van der Waals surface area (Å²) >= 11 is 0.887. The summed E-state index contributed by atoms with van der Waals surface area (Å²) in [4.78, 5) is 33.2. The number of ether oxygens (including phenoxy) is 1. The first kappa shape index (κ1) is 14.0. The van der Waals surface area contributed by atoms with E-state index < -0.39 is 16.7 Å². The van der Waals surface area contributed by atoms with Crippen molar-refractivity contribution < 1.29 is 19.2 Å². The number of nitrogens with zero attached hydrogens (tertiary/aromatic N) is 1. The molecule has 0 aromatic carbocycles. The largest absolute Gasteiger partial charge is 0.462 e. The molecule has 6 nitrogen and oxygen atoms in total. The van der Waals surface area contributed by atoms with E-state index in [1.54, 1.807) is 6.92 Å². The minimum absolute atomic E-state index is 0.0481. The minimum Gasteiger partial charge on any atom is -0.462 e. The third-order valence-electron chi connectivity index (χ3n) is 1.95. The average molecular weight is 269 g/mol. The molecule has 0 radical (unpaired) electrons. The fourth-order valence-electron chi connectivity index (χ4n) is 1.17. The first-order chi connectivity index (χ1) is 8.45. The van der Waals surface area contributed by atoms with Crippen LogP contribution in [-0.2, 0) is 14.3 Å². The van der Waals surface area contributed by atoms with Crippen LogP contribution in [0.3, 0.4) is 0 Å². The van der Waals surface area contributed by atoms with Crippen LogP contribution in [0.4, 0.5) is 5.00 Å². The smallest absolute Gasteiger partial charge is 0.341 e. The molecule has 0 unspecified atom stereocenters. The molecule has 0 saturated heterocycles. The van der Waals surface area contributed by atoms with Crippen molar-refractivity contribution >= 4 is 34.2 Å². The Morgan fingerprint density at radius 2 is 2.17 bits per heavy atom. The SMILES string of the molecule is CCOC(=O)C(=Cc1ccc([N+](=O)[O-])s1)C(C)=O. The molecule has 7 heteroatoms. The van der Waals surface area contributed by atoms with Gasteiger partial charge in [-0.2, -0.15) is 0 Å². The van der Waals surface area contributed by atoms with Gasteiger partial charge in [-0.05, 0) is 26.0 Å². The zero-order valence-corrected chi connectivity index (χ0v) is 10.7. The summed E-state index contributed by atoms with van der Waals surface area (Å²) in [5.74, 6) is -1.16. The number of hydrogen-bond donors (Lipinski definition) is 0. The molecule has 0 saturated carbocycles. The Kier molecular flexibility index (Phi) is 4.73. The van der Waals surface area contributed by atoms with Crippen LogP contribution in [0.1, 0.15) is 18.7 Å². The lowest BCUT2D eigenvalue weighted by Gasteiger charge is -2.02. The molecule has 0 bridgehead atoms. The van der Waals surface area contributed by atoms with E-state index in [1.165, 1.54) is 25.1 Å². The Hall–Kier alpha value is -2.02. The number of thiophene rings is 1. The van der Waals surface area contributed by atoms with Crippen LogP contribution in [0.5, 0.6) is 0 Å². The third-order valence-corrected chi connectivity index (χ3v) is 2.94. The van der Waals surface area contributed by atoms with Gasteiger partial charge in [0.05, 0.1) is 11.5 Å². The summed E-state index contributed by atoms with van der Waals surface area (Å²) in [6.07, 6.45) is 1.30. The van der Waals surface area contributed by atoms with Crippen LogP contribution >= 0.6 is 11.3 Å². The fraction of sp³-hybridized carbons (Fsp3) is 0.273. The lowest BCUT2D eigenvalue weighted by atomic mass is 10.1. The molecule has 1 rings (SSSR count). The van der Waals surface area contributed by atoms with Gasteiger partial charge in [0.15, 0.2) is 5.78 Å². The monoisotopic (exact) mass is 269 g/mol. The zero-order valence-electron chi connectivity index (χ0n) is 9.84. The Bertz CT molecular complexity index is 517. The number of rotatable bonds is 5. The average Bonchev–Trinajstić information content (AvgIpc) is 2.74. The van der Waals surface area contributed by atoms with E-state index in [0.29, 0.717) is 4.88 Å². The number of Topliss-reactive ketones (excluding diaryl/α,β-unsaturated/α-hetero) is 1. The highest BCUT2D eigenvalue weighted by atomic mass is 32.1. The molecule has 0 spiro atoms. The molecule has 1 aromatic rings. The van der Waals surface area contributed by atoms with Crippen LogP contribution in [0, 0.1) is 10.1 Å². The molecule has 0 fully saturated rings. The normalized spacial score (nSPS) is 11.1. The maximum Gasteiger partial charge on any atom is 0.341 e. The Morgan fingerprint density at radius 3 is 2.61 bits per heavy atom. The molecule has 0 amide bonds. The van der Waals surface area contributed by atoms with Crippen LogP contribution in [-0.4, -0.2) is 23.3 Å². The highest BCUT2D eigenvalue weighted by Crippen LogP contribution is 2.26. The molecular weight excluding hydrogens is 258 g/mol. The van der Waals surface area contributed by atoms with E-state index >= 15 is 0 Å². The van der Waals surface area contributed by atoms with Gasteiger partial charge in [-0.25, -0.2) is 4.79 Å². The van der Waals surface area contributed by atoms with Crippen LogP contribution in [0.15, 0.2) is 17.7 Å². The molecule has 0 aliphatic rings. The van der Waals surface area contributed by atoms with E-state index in [4.69, 9.17) is 4.74 Å². The van der Waals surface area contributed by atoms with Gasteiger partial charge in [-0.1, -0.05) is 11.3 Å². The number of ketones is 1. The maximum atomic E-state index is 11.5. The summed E-state index contributed by atoms with van der Waals surface area (Å²) in [6, 6.07) is 2.80. The summed E-state index contributed by atoms with van der Waals surface area (Å²) in [6.45, 7) is 3.03. The number of hydrogen-bond acceptors (Lipinski definition) is 6. The van der Waals surface area contributed by atoms with Gasteiger partial charge in [0.25, 0.3) is 0 Å². The summed E-state index contributed by atoms with van der Waals surface area (Å²) in [5.41, 5.74) is -0.117. The number of carbonyl (C=O) groups excluding carboxylic acids is 2. The second-order valence-corrected chi connectivity index (χ2v) is 4.36. The van der Waals surface area contributed by atoms with E-state index in [1.807, 2.05) is 0 Å². The molecule has 0 aliphatic carbocycles. The van der Waals surface area contributed by atoms with E-state index in [2.05, 4.69) is 0 Å². The first-order valence-corrected chi connectivity index (χ1v) is 5.91. The van der Waals surface area contributed by atoms with Crippen molar-refractivity contribution in [2.24, 2.45) is 0 Å². The lowest BCUT2D eigenvalue weighted by Crippen LogP contribution is -2.13. The van der Waals surface area contributed by atoms with Gasteiger partial charge >= 0.3 is 11.0 Å². The summed E-state index contributed by atoms with van der Waals surface area (Å²) in [5, 5.41) is 10.5. The van der Waals surface area contributed by atoms with Crippen LogP contribution in [0.25, 0.3) is 6.08 Å². The molecule has 96 valence electrons. The Labute approximate surface area is 107 Å². The van der Waals surface area contributed by atoms with Crippen molar-refractivity contribution in [2.45, 2.75) is 13.8 Å². The number of nitro groups is 1. The van der Waals surface area contributed by atoms with E-state index in [9.17, 15) is 19.7 Å². The molecule has 1 heterocycles. The molecule has 1 aromatic heterocycles. The van der Waals surface area contributed by atoms with Crippen molar-refractivity contribution in [2.75, 3.05) is 6.61 Å². The van der Waals surface area contributed by atoms with Gasteiger partial charge < -0.3 is 4.74 Å². The first-order valence-electron chi connectivity index (χ1n) is 5.09. The topological polar surface area (TPSA) is 86.5 Å². The Balaban J connectivity index is 3.04. The predicted octanol–water partition coefficient (Wildman–Crippen LogP) is 2.19. The summed E-state index contributed by atoms with van der Waals surface area (Å²) in [7, 11) is 0. The van der Waals surface area contributed by atoms with Crippen LogP contribution in [0.2, 0.25) is 0 Å². The molecule has 0 aliphatic heterocycles. The Morgan fingerprint density at radius 1 is 1.50 bits per heavy atom. The van der Waals surface area contributed by atoms with Gasteiger partial charge in [0.2, 0.25) is 0 Å². The van der Waals surface area contributed by atoms with E-state index in [0.717, 1.165) is 11.3 Å². The highest BCUT2D eigenvalue weighted by molar-refractivity contribution is 7.16. The molecule has 0 atom stereocenters. The molecule has 18 heavy (non-hydrogen) atoms. The van der Waals surface area contributed by atoms with Crippen molar-refractivity contribution in [3.63, 3.8) is 0 Å². The zero-order chi connectivity index (χ0) is 13.7. The highest BCUT2D eigenvalue weighted by Gasteiger charge is 2.17. The van der Waals surface area contributed by atoms with Crippen molar-refractivity contribution in [3.05, 3.63) is 32.7 Å². The summed E-state index contributed by atoms with van der Waals surface area (Å²) < 4.78 is 4.73. The molecule has 0 N–H and O–H groups in total. The number of carbonyl (C=O) groups is 2. The van der Waals surface area contributed by atoms with Crippen molar-refractivity contribution in [1.29, 1.82) is 0 Å². The van der Waals surface area contributed by atoms with E-state index in [-0.39, 0.29) is 17.2 Å². The maximum absolute atomic E-state index is 11.5. The van der Waals surface area contributed by atoms with Gasteiger partial charge in [0, 0.05) is 10.9 Å². The standard InChI is InChI=1S/C11H11NO5S/c1-3-17-11(14)9(7(2)13)6-8-4-5-10(18-8)12(15)16/h4-6H,3H2,1-2H3. The van der Waals surface area contributed by atoms with Crippen LogP contribution < -0.4 is 0 Å². The van der Waals surface area contributed by atoms with Crippen molar-refractivity contribution in [1.82, 2.24) is 0 Å². The predicted molar refractivity (Wildman–Crippen MR) is 66.3 cm³/mol. The van der Waals surface area contributed by atoms with Crippen molar-refractivity contribution in [3.8, 4) is 0 Å². The third kappa shape index (κ3) is 3.49. The fourth-order valence-corrected chi connectivity index (χ4v) is 1.94. The van der Waals surface area contributed by atoms with Gasteiger partial charge in [-0.3, -0.25) is 14.9 Å².